The van der Waals surface area contributed by atoms with Crippen LogP contribution in [0.4, 0.5) is 0 Å². The molecule has 9 heteroatoms. The van der Waals surface area contributed by atoms with Crippen molar-refractivity contribution in [1.82, 2.24) is 14.8 Å². The standard InChI is InChI=1S/C27H31N3O5S/c1-19-7-9-21(10-8-19)11-12-25-26(20(2)29-35-25)36(32,33)30-15-13-23(14-16-30)27(31)28-18-22-5-4-6-24(17-22)34-3/h4-12,17,23H,13-16,18H2,1-3H3,(H,28,31)/b12-11+. The van der Waals surface area contributed by atoms with E-state index in [-0.39, 0.29) is 35.6 Å². The predicted molar refractivity (Wildman–Crippen MR) is 138 cm³/mol. The minimum absolute atomic E-state index is 0.0715. The van der Waals surface area contributed by atoms with Gasteiger partial charge in [-0.3, -0.25) is 4.79 Å². The SMILES string of the molecule is COc1cccc(CNC(=O)C2CCN(S(=O)(=O)c3c(C)noc3/C=C/c3ccc(C)cc3)CC2)c1. The second-order valence-electron chi connectivity index (χ2n) is 8.95. The molecule has 1 saturated heterocycles. The molecule has 1 fully saturated rings. The van der Waals surface area contributed by atoms with E-state index in [2.05, 4.69) is 10.5 Å². The summed E-state index contributed by atoms with van der Waals surface area (Å²) in [6, 6.07) is 15.4. The van der Waals surface area contributed by atoms with Crippen LogP contribution in [0.25, 0.3) is 12.2 Å². The number of benzene rings is 2. The van der Waals surface area contributed by atoms with Gasteiger partial charge in [0.1, 0.15) is 11.4 Å². The number of carbonyl (C=O) groups is 1. The van der Waals surface area contributed by atoms with Crippen molar-refractivity contribution in [3.05, 3.63) is 76.7 Å². The summed E-state index contributed by atoms with van der Waals surface area (Å²) < 4.78 is 38.9. The highest BCUT2D eigenvalue weighted by molar-refractivity contribution is 7.89. The lowest BCUT2D eigenvalue weighted by atomic mass is 9.97. The first-order chi connectivity index (χ1) is 17.3. The van der Waals surface area contributed by atoms with E-state index in [1.807, 2.05) is 55.5 Å². The zero-order valence-electron chi connectivity index (χ0n) is 20.7. The smallest absolute Gasteiger partial charge is 0.248 e. The zero-order chi connectivity index (χ0) is 25.7. The molecule has 2 aromatic carbocycles. The minimum atomic E-state index is -3.82. The number of aromatic nitrogens is 1. The third kappa shape index (κ3) is 5.85. The van der Waals surface area contributed by atoms with Crippen LogP contribution in [-0.4, -0.2) is 44.0 Å². The molecule has 0 radical (unpaired) electrons. The summed E-state index contributed by atoms with van der Waals surface area (Å²) >= 11 is 0. The largest absolute Gasteiger partial charge is 0.497 e. The monoisotopic (exact) mass is 509 g/mol. The van der Waals surface area contributed by atoms with Gasteiger partial charge in [-0.25, -0.2) is 8.42 Å². The van der Waals surface area contributed by atoms with Crippen LogP contribution in [-0.2, 0) is 21.4 Å². The number of sulfonamides is 1. The van der Waals surface area contributed by atoms with E-state index in [4.69, 9.17) is 9.26 Å². The fourth-order valence-corrected chi connectivity index (χ4v) is 5.97. The normalized spacial score (nSPS) is 15.3. The van der Waals surface area contributed by atoms with Gasteiger partial charge in [0.15, 0.2) is 10.7 Å². The molecule has 1 aliphatic heterocycles. The van der Waals surface area contributed by atoms with E-state index in [0.717, 1.165) is 22.4 Å². The highest BCUT2D eigenvalue weighted by Crippen LogP contribution is 2.29. The molecule has 1 aromatic heterocycles. The van der Waals surface area contributed by atoms with Gasteiger partial charge in [0.25, 0.3) is 0 Å². The molecule has 0 atom stereocenters. The van der Waals surface area contributed by atoms with Gasteiger partial charge in [0, 0.05) is 25.6 Å². The molecule has 1 N–H and O–H groups in total. The maximum atomic E-state index is 13.5. The van der Waals surface area contributed by atoms with E-state index in [0.29, 0.717) is 25.1 Å². The van der Waals surface area contributed by atoms with Gasteiger partial charge < -0.3 is 14.6 Å². The number of piperidine rings is 1. The number of hydrogen-bond acceptors (Lipinski definition) is 6. The maximum absolute atomic E-state index is 13.5. The number of hydrogen-bond donors (Lipinski definition) is 1. The van der Waals surface area contributed by atoms with E-state index in [9.17, 15) is 13.2 Å². The first-order valence-corrected chi connectivity index (χ1v) is 13.3. The molecular formula is C27H31N3O5S. The van der Waals surface area contributed by atoms with Crippen LogP contribution in [0.15, 0.2) is 57.9 Å². The van der Waals surface area contributed by atoms with Gasteiger partial charge in [-0.1, -0.05) is 53.2 Å². The molecule has 2 heterocycles. The second-order valence-corrected chi connectivity index (χ2v) is 10.8. The van der Waals surface area contributed by atoms with Crippen LogP contribution in [0.5, 0.6) is 5.75 Å². The van der Waals surface area contributed by atoms with Crippen LogP contribution >= 0.6 is 0 Å². The summed E-state index contributed by atoms with van der Waals surface area (Å²) in [6.07, 6.45) is 4.33. The number of nitrogens with one attached hydrogen (secondary N) is 1. The Morgan fingerprint density at radius 3 is 2.56 bits per heavy atom. The van der Waals surface area contributed by atoms with Gasteiger partial charge in [-0.05, 0) is 56.0 Å². The van der Waals surface area contributed by atoms with Crippen LogP contribution in [0.3, 0.4) is 0 Å². The molecule has 0 saturated carbocycles. The fourth-order valence-electron chi connectivity index (χ4n) is 4.25. The summed E-state index contributed by atoms with van der Waals surface area (Å²) in [7, 11) is -2.22. The number of aryl methyl sites for hydroxylation is 2. The molecule has 1 amide bonds. The average Bonchev–Trinajstić information content (AvgIpc) is 3.28. The van der Waals surface area contributed by atoms with Crippen LogP contribution in [0.1, 0.15) is 41.0 Å². The summed E-state index contributed by atoms with van der Waals surface area (Å²) in [5.41, 5.74) is 3.33. The number of rotatable bonds is 8. The minimum Gasteiger partial charge on any atom is -0.497 e. The second kappa shape index (κ2) is 11.1. The lowest BCUT2D eigenvalue weighted by Crippen LogP contribution is -2.43. The van der Waals surface area contributed by atoms with Crippen LogP contribution < -0.4 is 10.1 Å². The lowest BCUT2D eigenvalue weighted by molar-refractivity contribution is -0.126. The van der Waals surface area contributed by atoms with Crippen molar-refractivity contribution in [3.8, 4) is 5.75 Å². The summed E-state index contributed by atoms with van der Waals surface area (Å²) in [4.78, 5) is 12.8. The molecular weight excluding hydrogens is 478 g/mol. The maximum Gasteiger partial charge on any atom is 0.248 e. The van der Waals surface area contributed by atoms with E-state index >= 15 is 0 Å². The Balaban J connectivity index is 1.39. The highest BCUT2D eigenvalue weighted by atomic mass is 32.2. The molecule has 0 unspecified atom stereocenters. The number of amides is 1. The highest BCUT2D eigenvalue weighted by Gasteiger charge is 2.35. The molecule has 0 bridgehead atoms. The average molecular weight is 510 g/mol. The van der Waals surface area contributed by atoms with Gasteiger partial charge in [0.2, 0.25) is 15.9 Å². The fraction of sp³-hybridized carbons (Fsp3) is 0.333. The van der Waals surface area contributed by atoms with Crippen molar-refractivity contribution in [1.29, 1.82) is 0 Å². The third-order valence-corrected chi connectivity index (χ3v) is 8.42. The molecule has 4 rings (SSSR count). The van der Waals surface area contributed by atoms with Crippen LogP contribution in [0, 0.1) is 19.8 Å². The molecule has 0 aliphatic carbocycles. The van der Waals surface area contributed by atoms with Crippen molar-refractivity contribution in [3.63, 3.8) is 0 Å². The van der Waals surface area contributed by atoms with Crippen molar-refractivity contribution in [2.24, 2.45) is 5.92 Å². The number of ether oxygens (including phenoxy) is 1. The Hall–Kier alpha value is -3.43. The first kappa shape index (κ1) is 25.7. The van der Waals surface area contributed by atoms with Gasteiger partial charge in [-0.2, -0.15) is 4.31 Å². The van der Waals surface area contributed by atoms with E-state index < -0.39 is 10.0 Å². The van der Waals surface area contributed by atoms with Crippen molar-refractivity contribution < 1.29 is 22.5 Å². The van der Waals surface area contributed by atoms with Gasteiger partial charge in [0.05, 0.1) is 7.11 Å². The Kier molecular flexibility index (Phi) is 7.91. The summed E-state index contributed by atoms with van der Waals surface area (Å²) in [6.45, 7) is 4.53. The molecule has 36 heavy (non-hydrogen) atoms. The quantitative estimate of drug-likeness (QED) is 0.489. The number of nitrogens with zero attached hydrogens (tertiary/aromatic N) is 2. The van der Waals surface area contributed by atoms with Crippen molar-refractivity contribution >= 4 is 28.1 Å². The van der Waals surface area contributed by atoms with E-state index in [1.54, 1.807) is 26.2 Å². The molecule has 8 nitrogen and oxygen atoms in total. The topological polar surface area (TPSA) is 102 Å². The first-order valence-electron chi connectivity index (χ1n) is 11.9. The number of methoxy groups -OCH3 is 1. The van der Waals surface area contributed by atoms with Crippen molar-refractivity contribution in [2.75, 3.05) is 20.2 Å². The van der Waals surface area contributed by atoms with Gasteiger partial charge >= 0.3 is 0 Å². The molecule has 0 spiro atoms. The molecule has 190 valence electrons. The third-order valence-electron chi connectivity index (χ3n) is 6.36. The summed E-state index contributed by atoms with van der Waals surface area (Å²) in [5, 5.41) is 6.87. The van der Waals surface area contributed by atoms with E-state index in [1.165, 1.54) is 4.31 Å². The Morgan fingerprint density at radius 2 is 1.86 bits per heavy atom. The summed E-state index contributed by atoms with van der Waals surface area (Å²) in [5.74, 6) is 0.618. The van der Waals surface area contributed by atoms with Crippen LogP contribution in [0.2, 0.25) is 0 Å². The predicted octanol–water partition coefficient (Wildman–Crippen LogP) is 4.19. The molecule has 1 aliphatic rings. The Morgan fingerprint density at radius 1 is 1.14 bits per heavy atom. The number of carbonyl (C=O) groups excluding carboxylic acids is 1. The van der Waals surface area contributed by atoms with Crippen molar-refractivity contribution in [2.45, 2.75) is 38.1 Å². The Bertz CT molecular complexity index is 1340. The van der Waals surface area contributed by atoms with Gasteiger partial charge in [-0.15, -0.1) is 0 Å². The Labute approximate surface area is 212 Å². The molecule has 3 aromatic rings. The lowest BCUT2D eigenvalue weighted by Gasteiger charge is -2.30. The zero-order valence-corrected chi connectivity index (χ0v) is 21.5.